The minimum absolute atomic E-state index is 0.0209. The van der Waals surface area contributed by atoms with Gasteiger partial charge < -0.3 is 15.3 Å². The van der Waals surface area contributed by atoms with Gasteiger partial charge in [-0.2, -0.15) is 0 Å². The summed E-state index contributed by atoms with van der Waals surface area (Å²) in [5, 5.41) is 20.2. The number of benzene rings is 1. The van der Waals surface area contributed by atoms with Crippen LogP contribution in [0.2, 0.25) is 0 Å². The molecule has 3 aromatic rings. The summed E-state index contributed by atoms with van der Waals surface area (Å²) >= 11 is 0. The maximum Gasteiger partial charge on any atom is 0.245 e. The summed E-state index contributed by atoms with van der Waals surface area (Å²) in [5.74, 6) is 1.21. The fourth-order valence-electron chi connectivity index (χ4n) is 2.45. The molecule has 2 N–H and O–H groups in total. The average Bonchev–Trinajstić information content (AvgIpc) is 3.05. The minimum Gasteiger partial charge on any atom is -0.395 e. The highest BCUT2D eigenvalue weighted by Crippen LogP contribution is 2.25. The topological polar surface area (TPSA) is 100 Å². The van der Waals surface area contributed by atoms with Crippen molar-refractivity contribution < 1.29 is 9.74 Å². The van der Waals surface area contributed by atoms with E-state index in [0.29, 0.717) is 36.0 Å². The van der Waals surface area contributed by atoms with Gasteiger partial charge in [0.25, 0.3) is 0 Å². The van der Waals surface area contributed by atoms with Gasteiger partial charge in [0.2, 0.25) is 11.3 Å². The normalized spacial score (nSPS) is 11.2. The van der Waals surface area contributed by atoms with E-state index < -0.39 is 0 Å². The predicted molar refractivity (Wildman–Crippen MR) is 90.7 cm³/mol. The minimum atomic E-state index is 0.0209. The van der Waals surface area contributed by atoms with E-state index in [1.807, 2.05) is 49.1 Å². The molecule has 0 aliphatic rings. The van der Waals surface area contributed by atoms with Crippen LogP contribution >= 0.6 is 0 Å². The number of aliphatic hydroxyl groups is 1. The summed E-state index contributed by atoms with van der Waals surface area (Å²) in [5.41, 5.74) is 1.82. The van der Waals surface area contributed by atoms with Crippen molar-refractivity contribution in [3.05, 3.63) is 35.9 Å². The molecule has 0 bridgehead atoms. The predicted octanol–water partition coefficient (Wildman–Crippen LogP) is 1.83. The number of aliphatic hydroxyl groups excluding tert-OH is 1. The molecule has 0 radical (unpaired) electrons. The highest BCUT2D eigenvalue weighted by atomic mass is 16.6. The first-order valence-electron chi connectivity index (χ1n) is 7.84. The number of fused-ring (bicyclic) bond motifs is 1. The molecule has 0 unspecified atom stereocenters. The van der Waals surface area contributed by atoms with Crippen LogP contribution in [-0.4, -0.2) is 44.6 Å². The lowest BCUT2D eigenvalue weighted by Gasteiger charge is -2.28. The number of nitrogens with zero attached hydrogens (tertiary/aromatic N) is 5. The maximum atomic E-state index is 9.36. The molecule has 0 saturated heterocycles. The van der Waals surface area contributed by atoms with E-state index in [2.05, 4.69) is 25.6 Å². The number of rotatable bonds is 7. The van der Waals surface area contributed by atoms with E-state index in [-0.39, 0.29) is 12.6 Å². The molecule has 0 aliphatic carbocycles. The van der Waals surface area contributed by atoms with Gasteiger partial charge in [-0.15, -0.1) is 0 Å². The van der Waals surface area contributed by atoms with Gasteiger partial charge in [0.15, 0.2) is 11.6 Å². The molecule has 2 heterocycles. The third-order valence-corrected chi connectivity index (χ3v) is 3.63. The first-order valence-corrected chi connectivity index (χ1v) is 7.84. The maximum absolute atomic E-state index is 9.36. The van der Waals surface area contributed by atoms with Crippen molar-refractivity contribution in [2.75, 3.05) is 23.4 Å². The molecule has 1 aromatic carbocycles. The number of nitrogens with one attached hydrogen (secondary N) is 1. The van der Waals surface area contributed by atoms with Crippen molar-refractivity contribution in [1.29, 1.82) is 0 Å². The van der Waals surface area contributed by atoms with Gasteiger partial charge in [-0.1, -0.05) is 30.3 Å². The molecule has 126 valence electrons. The summed E-state index contributed by atoms with van der Waals surface area (Å²) < 4.78 is 4.72. The molecule has 8 nitrogen and oxygen atoms in total. The summed E-state index contributed by atoms with van der Waals surface area (Å²) in [6.07, 6.45) is 0. The highest BCUT2D eigenvalue weighted by molar-refractivity contribution is 5.74. The second-order valence-corrected chi connectivity index (χ2v) is 5.66. The van der Waals surface area contributed by atoms with Gasteiger partial charge in [-0.25, -0.2) is 14.6 Å². The largest absolute Gasteiger partial charge is 0.395 e. The Balaban J connectivity index is 1.95. The van der Waals surface area contributed by atoms with Crippen molar-refractivity contribution in [3.8, 4) is 0 Å². The third-order valence-electron chi connectivity index (χ3n) is 3.63. The van der Waals surface area contributed by atoms with Crippen LogP contribution in [0.3, 0.4) is 0 Å². The Morgan fingerprint density at radius 1 is 1.12 bits per heavy atom. The van der Waals surface area contributed by atoms with E-state index in [0.717, 1.165) is 5.56 Å². The van der Waals surface area contributed by atoms with Gasteiger partial charge in [0.05, 0.1) is 6.61 Å². The van der Waals surface area contributed by atoms with Crippen molar-refractivity contribution in [1.82, 2.24) is 20.3 Å². The lowest BCUT2D eigenvalue weighted by atomic mass is 10.2. The molecular formula is C16H20N6O2. The zero-order valence-corrected chi connectivity index (χ0v) is 13.7. The number of aromatic nitrogens is 4. The molecule has 0 aliphatic heterocycles. The standard InChI is InChI=1S/C16H20N6O2/c1-11(2)22(8-9-23)16-15(17-10-12-6-4-3-5-7-12)18-13-14(19-16)21-24-20-13/h3-7,11,23H,8-10H2,1-2H3,(H,17,18,20). The van der Waals surface area contributed by atoms with Crippen LogP contribution in [0.4, 0.5) is 11.6 Å². The van der Waals surface area contributed by atoms with Gasteiger partial charge in [-0.05, 0) is 29.7 Å². The van der Waals surface area contributed by atoms with Crippen molar-refractivity contribution in [2.24, 2.45) is 0 Å². The van der Waals surface area contributed by atoms with Crippen LogP contribution in [0.5, 0.6) is 0 Å². The third kappa shape index (κ3) is 3.43. The fraction of sp³-hybridized carbons (Fsp3) is 0.375. The monoisotopic (exact) mass is 328 g/mol. The lowest BCUT2D eigenvalue weighted by Crippen LogP contribution is -2.35. The van der Waals surface area contributed by atoms with Crippen LogP contribution in [0.1, 0.15) is 19.4 Å². The van der Waals surface area contributed by atoms with E-state index in [9.17, 15) is 5.11 Å². The molecule has 2 aromatic heterocycles. The summed E-state index contributed by atoms with van der Waals surface area (Å²) in [4.78, 5) is 10.9. The van der Waals surface area contributed by atoms with E-state index in [4.69, 9.17) is 4.63 Å². The van der Waals surface area contributed by atoms with Crippen LogP contribution < -0.4 is 10.2 Å². The Morgan fingerprint density at radius 3 is 2.50 bits per heavy atom. The van der Waals surface area contributed by atoms with E-state index in [1.165, 1.54) is 0 Å². The van der Waals surface area contributed by atoms with Crippen LogP contribution in [0, 0.1) is 0 Å². The van der Waals surface area contributed by atoms with E-state index in [1.54, 1.807) is 0 Å². The summed E-state index contributed by atoms with van der Waals surface area (Å²) in [6, 6.07) is 10.2. The summed E-state index contributed by atoms with van der Waals surface area (Å²) in [6.45, 7) is 5.13. The molecular weight excluding hydrogens is 308 g/mol. The Kier molecular flexibility index (Phi) is 4.85. The zero-order valence-electron chi connectivity index (χ0n) is 13.7. The molecule has 8 heteroatoms. The lowest BCUT2D eigenvalue weighted by molar-refractivity contribution is 0.298. The average molecular weight is 328 g/mol. The number of anilines is 2. The SMILES string of the molecule is CC(C)N(CCO)c1nc2nonc2nc1NCc1ccccc1. The van der Waals surface area contributed by atoms with E-state index >= 15 is 0 Å². The fourth-order valence-corrected chi connectivity index (χ4v) is 2.45. The molecule has 0 saturated carbocycles. The highest BCUT2D eigenvalue weighted by Gasteiger charge is 2.20. The summed E-state index contributed by atoms with van der Waals surface area (Å²) in [7, 11) is 0. The smallest absolute Gasteiger partial charge is 0.245 e. The second kappa shape index (κ2) is 7.22. The van der Waals surface area contributed by atoms with Gasteiger partial charge >= 0.3 is 0 Å². The first-order chi connectivity index (χ1) is 11.7. The van der Waals surface area contributed by atoms with Gasteiger partial charge in [0.1, 0.15) is 0 Å². The van der Waals surface area contributed by atoms with Crippen LogP contribution in [0.25, 0.3) is 11.3 Å². The molecule has 0 spiro atoms. The van der Waals surface area contributed by atoms with Crippen molar-refractivity contribution in [2.45, 2.75) is 26.4 Å². The second-order valence-electron chi connectivity index (χ2n) is 5.66. The van der Waals surface area contributed by atoms with Crippen molar-refractivity contribution in [3.63, 3.8) is 0 Å². The van der Waals surface area contributed by atoms with Crippen LogP contribution in [-0.2, 0) is 6.54 Å². The molecule has 0 amide bonds. The quantitative estimate of drug-likeness (QED) is 0.677. The zero-order chi connectivity index (χ0) is 16.9. The number of hydrogen-bond acceptors (Lipinski definition) is 8. The number of hydrogen-bond donors (Lipinski definition) is 2. The van der Waals surface area contributed by atoms with Crippen LogP contribution in [0.15, 0.2) is 35.0 Å². The molecule has 0 fully saturated rings. The van der Waals surface area contributed by atoms with Gasteiger partial charge in [0, 0.05) is 19.1 Å². The molecule has 24 heavy (non-hydrogen) atoms. The Bertz CT molecular complexity index is 790. The first kappa shape index (κ1) is 16.1. The molecule has 0 atom stereocenters. The Hall–Kier alpha value is -2.74. The molecule has 3 rings (SSSR count). The Morgan fingerprint density at radius 2 is 1.83 bits per heavy atom. The van der Waals surface area contributed by atoms with Gasteiger partial charge in [-0.3, -0.25) is 0 Å². The Labute approximate surface area is 139 Å². The van der Waals surface area contributed by atoms with Crippen molar-refractivity contribution >= 4 is 22.9 Å².